The first kappa shape index (κ1) is 11.2. The Labute approximate surface area is 95.1 Å². The summed E-state index contributed by atoms with van der Waals surface area (Å²) in [6.07, 6.45) is 8.27. The van der Waals surface area contributed by atoms with Gasteiger partial charge in [-0.05, 0) is 55.8 Å². The molecular weight excluding hydrogens is 180 g/mol. The summed E-state index contributed by atoms with van der Waals surface area (Å²) in [5, 5.41) is 0. The molecule has 2 rings (SSSR count). The first-order valence-electron chi connectivity index (χ1n) is 6.76. The van der Waals surface area contributed by atoms with E-state index in [4.69, 9.17) is 0 Å². The highest BCUT2D eigenvalue weighted by Gasteiger charge is 2.36. The molecule has 2 aliphatic carbocycles. The van der Waals surface area contributed by atoms with E-state index in [0.29, 0.717) is 0 Å². The van der Waals surface area contributed by atoms with E-state index < -0.39 is 0 Å². The van der Waals surface area contributed by atoms with Gasteiger partial charge in [0.05, 0.1) is 0 Å². The lowest BCUT2D eigenvalue weighted by Crippen LogP contribution is -2.18. The smallest absolute Gasteiger partial charge is 0.0169 e. The van der Waals surface area contributed by atoms with Gasteiger partial charge in [0, 0.05) is 0 Å². The molecule has 0 nitrogen and oxygen atoms in total. The topological polar surface area (TPSA) is 0 Å². The van der Waals surface area contributed by atoms with Crippen molar-refractivity contribution >= 4 is 0 Å². The molecule has 0 saturated heterocycles. The van der Waals surface area contributed by atoms with E-state index in [2.05, 4.69) is 33.8 Å². The Balaban J connectivity index is 2.13. The fraction of sp³-hybridized carbons (Fsp3) is 0.867. The highest BCUT2D eigenvalue weighted by atomic mass is 14.4. The fourth-order valence-corrected chi connectivity index (χ4v) is 3.71. The number of hydrogen-bond donors (Lipinski definition) is 0. The molecule has 0 heterocycles. The average Bonchev–Trinajstić information content (AvgIpc) is 2.43. The molecule has 0 heteroatoms. The van der Waals surface area contributed by atoms with Crippen LogP contribution in [0.4, 0.5) is 0 Å². The Hall–Kier alpha value is -0.260. The second kappa shape index (κ2) is 4.31. The van der Waals surface area contributed by atoms with Crippen molar-refractivity contribution in [3.8, 4) is 0 Å². The van der Waals surface area contributed by atoms with Crippen LogP contribution in [0, 0.1) is 29.6 Å². The van der Waals surface area contributed by atoms with Crippen molar-refractivity contribution in [2.45, 2.75) is 53.4 Å². The van der Waals surface area contributed by atoms with Crippen LogP contribution >= 0.6 is 0 Å². The zero-order chi connectivity index (χ0) is 11.0. The molecule has 0 amide bonds. The maximum absolute atomic E-state index is 2.51. The van der Waals surface area contributed by atoms with E-state index in [1.807, 2.05) is 0 Å². The summed E-state index contributed by atoms with van der Waals surface area (Å²) in [6.45, 7) is 9.65. The van der Waals surface area contributed by atoms with Crippen LogP contribution in [-0.4, -0.2) is 0 Å². The van der Waals surface area contributed by atoms with Crippen LogP contribution in [0.2, 0.25) is 0 Å². The zero-order valence-electron chi connectivity index (χ0n) is 10.8. The summed E-state index contributed by atoms with van der Waals surface area (Å²) < 4.78 is 0. The van der Waals surface area contributed by atoms with Crippen molar-refractivity contribution in [2.75, 3.05) is 0 Å². The predicted molar refractivity (Wildman–Crippen MR) is 66.7 cm³/mol. The van der Waals surface area contributed by atoms with E-state index in [0.717, 1.165) is 29.6 Å². The first-order valence-corrected chi connectivity index (χ1v) is 6.76. The van der Waals surface area contributed by atoms with E-state index in [9.17, 15) is 0 Å². The molecule has 0 aromatic carbocycles. The standard InChI is InChI=1S/C15H26/c1-10(2)13-7-5-11(3)14-8-6-12(4)15(14)9-13/h6,10-11,13-15H,5,7-9H2,1-4H3/t11-,13+,14-,15-/m0/s1. The molecule has 0 bridgehead atoms. The minimum Gasteiger partial charge on any atom is -0.0850 e. The zero-order valence-corrected chi connectivity index (χ0v) is 10.8. The molecule has 4 atom stereocenters. The Bertz CT molecular complexity index is 249. The predicted octanol–water partition coefficient (Wildman–Crippen LogP) is 4.66. The number of rotatable bonds is 1. The third-order valence-corrected chi connectivity index (χ3v) is 5.04. The number of fused-ring (bicyclic) bond motifs is 1. The number of allylic oxidation sites excluding steroid dienone is 2. The molecule has 0 unspecified atom stereocenters. The van der Waals surface area contributed by atoms with Gasteiger partial charge in [0.2, 0.25) is 0 Å². The van der Waals surface area contributed by atoms with Gasteiger partial charge in [-0.3, -0.25) is 0 Å². The summed E-state index contributed by atoms with van der Waals surface area (Å²) >= 11 is 0. The third-order valence-electron chi connectivity index (χ3n) is 5.04. The van der Waals surface area contributed by atoms with Crippen LogP contribution in [0.1, 0.15) is 53.4 Å². The normalized spacial score (nSPS) is 41.3. The van der Waals surface area contributed by atoms with Gasteiger partial charge in [0.25, 0.3) is 0 Å². The molecule has 0 aromatic heterocycles. The minimum absolute atomic E-state index is 0.879. The van der Waals surface area contributed by atoms with E-state index in [-0.39, 0.29) is 0 Å². The minimum atomic E-state index is 0.879. The fourth-order valence-electron chi connectivity index (χ4n) is 3.71. The molecule has 2 aliphatic rings. The molecule has 1 saturated carbocycles. The molecule has 0 N–H and O–H groups in total. The Kier molecular flexibility index (Phi) is 3.23. The van der Waals surface area contributed by atoms with E-state index >= 15 is 0 Å². The molecule has 0 aliphatic heterocycles. The molecule has 0 aromatic rings. The second-order valence-corrected chi connectivity index (χ2v) is 6.25. The summed E-state index contributed by atoms with van der Waals surface area (Å²) in [6, 6.07) is 0. The van der Waals surface area contributed by atoms with Crippen LogP contribution < -0.4 is 0 Å². The lowest BCUT2D eigenvalue weighted by atomic mass is 9.79. The van der Waals surface area contributed by atoms with Gasteiger partial charge in [-0.2, -0.15) is 0 Å². The van der Waals surface area contributed by atoms with Crippen LogP contribution in [0.25, 0.3) is 0 Å². The summed E-state index contributed by atoms with van der Waals surface area (Å²) in [5.74, 6) is 4.71. The van der Waals surface area contributed by atoms with E-state index in [1.165, 1.54) is 25.7 Å². The average molecular weight is 206 g/mol. The SMILES string of the molecule is CC1=CC[C@H]2[C@@H](C)CC[C@@H](C(C)C)C[C@@H]12. The maximum Gasteiger partial charge on any atom is -0.0169 e. The monoisotopic (exact) mass is 206 g/mol. The van der Waals surface area contributed by atoms with Gasteiger partial charge in [0.1, 0.15) is 0 Å². The van der Waals surface area contributed by atoms with Crippen molar-refractivity contribution in [2.24, 2.45) is 29.6 Å². The van der Waals surface area contributed by atoms with Crippen LogP contribution in [0.3, 0.4) is 0 Å². The van der Waals surface area contributed by atoms with Crippen molar-refractivity contribution in [3.05, 3.63) is 11.6 Å². The van der Waals surface area contributed by atoms with Crippen molar-refractivity contribution in [1.82, 2.24) is 0 Å². The molecule has 15 heavy (non-hydrogen) atoms. The van der Waals surface area contributed by atoms with Gasteiger partial charge in [-0.15, -0.1) is 0 Å². The lowest BCUT2D eigenvalue weighted by Gasteiger charge is -2.26. The Morgan fingerprint density at radius 3 is 2.67 bits per heavy atom. The van der Waals surface area contributed by atoms with Crippen LogP contribution in [-0.2, 0) is 0 Å². The van der Waals surface area contributed by atoms with Crippen LogP contribution in [0.5, 0.6) is 0 Å². The Morgan fingerprint density at radius 2 is 2.00 bits per heavy atom. The second-order valence-electron chi connectivity index (χ2n) is 6.25. The highest BCUT2D eigenvalue weighted by Crippen LogP contribution is 2.46. The molecule has 1 fully saturated rings. The van der Waals surface area contributed by atoms with E-state index in [1.54, 1.807) is 5.57 Å². The summed E-state index contributed by atoms with van der Waals surface area (Å²) in [4.78, 5) is 0. The lowest BCUT2D eigenvalue weighted by molar-refractivity contribution is 0.275. The van der Waals surface area contributed by atoms with Crippen molar-refractivity contribution in [3.63, 3.8) is 0 Å². The van der Waals surface area contributed by atoms with Gasteiger partial charge >= 0.3 is 0 Å². The molecule has 86 valence electrons. The molecule has 0 radical (unpaired) electrons. The third kappa shape index (κ3) is 2.14. The quantitative estimate of drug-likeness (QED) is 0.547. The van der Waals surface area contributed by atoms with Crippen LogP contribution in [0.15, 0.2) is 11.6 Å². The highest BCUT2D eigenvalue weighted by molar-refractivity contribution is 5.14. The maximum atomic E-state index is 2.51. The van der Waals surface area contributed by atoms with Crippen molar-refractivity contribution in [1.29, 1.82) is 0 Å². The Morgan fingerprint density at radius 1 is 1.27 bits per heavy atom. The van der Waals surface area contributed by atoms with Gasteiger partial charge in [-0.25, -0.2) is 0 Å². The molecular formula is C15H26. The van der Waals surface area contributed by atoms with Crippen molar-refractivity contribution < 1.29 is 0 Å². The van der Waals surface area contributed by atoms with Gasteiger partial charge in [-0.1, -0.05) is 38.8 Å². The molecule has 0 spiro atoms. The first-order chi connectivity index (χ1) is 7.09. The van der Waals surface area contributed by atoms with Gasteiger partial charge in [0.15, 0.2) is 0 Å². The summed E-state index contributed by atoms with van der Waals surface area (Å²) in [5.41, 5.74) is 1.69. The largest absolute Gasteiger partial charge is 0.0850 e. The summed E-state index contributed by atoms with van der Waals surface area (Å²) in [7, 11) is 0. The van der Waals surface area contributed by atoms with Gasteiger partial charge < -0.3 is 0 Å². The number of hydrogen-bond acceptors (Lipinski definition) is 0.